The molecule has 1 atom stereocenters. The van der Waals surface area contributed by atoms with E-state index in [2.05, 4.69) is 36.1 Å². The number of amides is 2. The molecule has 33 heavy (non-hydrogen) atoms. The summed E-state index contributed by atoms with van der Waals surface area (Å²) in [6.45, 7) is 11.7. The third-order valence-corrected chi connectivity index (χ3v) is 10.5. The maximum Gasteiger partial charge on any atom is 0.419 e. The Bertz CT molecular complexity index is 822. The fourth-order valence-corrected chi connectivity index (χ4v) is 4.32. The van der Waals surface area contributed by atoms with Crippen LogP contribution in [0.3, 0.4) is 0 Å². The number of nitrogens with one attached hydrogen (secondary N) is 1. The molecule has 186 valence electrons. The van der Waals surface area contributed by atoms with Gasteiger partial charge in [0.05, 0.1) is 5.56 Å². The predicted octanol–water partition coefficient (Wildman–Crippen LogP) is 3.19. The van der Waals surface area contributed by atoms with Gasteiger partial charge in [-0.1, -0.05) is 20.8 Å². The van der Waals surface area contributed by atoms with Crippen molar-refractivity contribution in [3.63, 3.8) is 0 Å². The molecule has 1 aromatic heterocycles. The van der Waals surface area contributed by atoms with Crippen LogP contribution in [0.5, 0.6) is 0 Å². The van der Waals surface area contributed by atoms with Gasteiger partial charge in [-0.05, 0) is 24.6 Å². The summed E-state index contributed by atoms with van der Waals surface area (Å²) in [7, 11) is -2.30. The van der Waals surface area contributed by atoms with Crippen LogP contribution in [0, 0.1) is 0 Å². The van der Waals surface area contributed by atoms with Crippen molar-refractivity contribution in [2.24, 2.45) is 0 Å². The number of aromatic nitrogens is 2. The highest BCUT2D eigenvalue weighted by Gasteiger charge is 2.41. The monoisotopic (exact) mass is 491 g/mol. The van der Waals surface area contributed by atoms with Crippen molar-refractivity contribution in [3.8, 4) is 0 Å². The third-order valence-electron chi connectivity index (χ3n) is 6.04. The second kappa shape index (κ2) is 10.2. The predicted molar refractivity (Wildman–Crippen MR) is 119 cm³/mol. The molecule has 2 heterocycles. The van der Waals surface area contributed by atoms with E-state index in [9.17, 15) is 22.8 Å². The topological polar surface area (TPSA) is 108 Å². The van der Waals surface area contributed by atoms with Crippen molar-refractivity contribution in [3.05, 3.63) is 18.0 Å². The van der Waals surface area contributed by atoms with E-state index >= 15 is 0 Å². The molecule has 2 N–H and O–H groups in total. The number of carbonyl (C=O) groups excluding carboxylic acids is 1. The lowest BCUT2D eigenvalue weighted by atomic mass is 10.2. The maximum atomic E-state index is 13.3. The smallest absolute Gasteiger partial charge is 0.419 e. The second-order valence-electron chi connectivity index (χ2n) is 9.47. The van der Waals surface area contributed by atoms with Crippen molar-refractivity contribution >= 4 is 26.3 Å². The summed E-state index contributed by atoms with van der Waals surface area (Å²) in [5.74, 6) is -0.0465. The Hall–Kier alpha value is -2.41. The number of rotatable bonds is 7. The van der Waals surface area contributed by atoms with Crippen molar-refractivity contribution in [1.29, 1.82) is 0 Å². The van der Waals surface area contributed by atoms with Gasteiger partial charge in [0.15, 0.2) is 8.32 Å². The Morgan fingerprint density at radius 3 is 2.15 bits per heavy atom. The molecule has 0 aromatic carbocycles. The summed E-state index contributed by atoms with van der Waals surface area (Å²) in [5.41, 5.74) is -0.916. The summed E-state index contributed by atoms with van der Waals surface area (Å²) < 4.78 is 44.5. The zero-order chi connectivity index (χ0) is 25.0. The summed E-state index contributed by atoms with van der Waals surface area (Å²) in [6, 6.07) is 0. The summed E-state index contributed by atoms with van der Waals surface area (Å²) in [5, 5.41) is 11.0. The van der Waals surface area contributed by atoms with Crippen LogP contribution in [0.4, 0.5) is 23.9 Å². The normalized spacial score (nSPS) is 16.5. The molecule has 1 unspecified atom stereocenters. The Morgan fingerprint density at radius 2 is 1.70 bits per heavy atom. The van der Waals surface area contributed by atoms with E-state index < -0.39 is 32.3 Å². The van der Waals surface area contributed by atoms with Crippen molar-refractivity contribution < 1.29 is 32.3 Å². The Balaban J connectivity index is 2.04. The van der Waals surface area contributed by atoms with Crippen molar-refractivity contribution in [1.82, 2.24) is 20.2 Å². The van der Waals surface area contributed by atoms with Crippen LogP contribution in [-0.2, 0) is 15.4 Å². The van der Waals surface area contributed by atoms with Crippen LogP contribution in [-0.4, -0.2) is 79.1 Å². The molecule has 13 heteroatoms. The van der Waals surface area contributed by atoms with Crippen LogP contribution >= 0.6 is 0 Å². The molecule has 2 amide bonds. The maximum absolute atomic E-state index is 13.3. The molecule has 1 fully saturated rings. The number of anilines is 1. The van der Waals surface area contributed by atoms with Gasteiger partial charge in [-0.2, -0.15) is 13.2 Å². The van der Waals surface area contributed by atoms with Crippen molar-refractivity contribution in [2.75, 3.05) is 37.6 Å². The van der Waals surface area contributed by atoms with Gasteiger partial charge >= 0.3 is 12.3 Å². The fourth-order valence-electron chi connectivity index (χ4n) is 3.04. The highest BCUT2D eigenvalue weighted by Crippen LogP contribution is 2.38. The number of halogens is 3. The number of piperazine rings is 1. The second-order valence-corrected chi connectivity index (χ2v) is 14.2. The quantitative estimate of drug-likeness (QED) is 0.564. The first-order valence-electron chi connectivity index (χ1n) is 10.7. The van der Waals surface area contributed by atoms with Gasteiger partial charge < -0.3 is 24.6 Å². The number of carboxylic acid groups (broad SMARTS) is 1. The number of alkyl halides is 3. The van der Waals surface area contributed by atoms with E-state index in [4.69, 9.17) is 9.53 Å². The number of nitrogens with zero attached hydrogens (tertiary/aromatic N) is 4. The number of hydrogen-bond acceptors (Lipinski definition) is 6. The first-order chi connectivity index (χ1) is 15.1. The Morgan fingerprint density at radius 1 is 1.15 bits per heavy atom. The van der Waals surface area contributed by atoms with E-state index in [1.807, 2.05) is 13.1 Å². The van der Waals surface area contributed by atoms with Gasteiger partial charge in [-0.3, -0.25) is 4.79 Å². The highest BCUT2D eigenvalue weighted by atomic mass is 28.4. The molecule has 0 radical (unpaired) electrons. The van der Waals surface area contributed by atoms with Crippen LogP contribution in [0.1, 0.15) is 32.8 Å². The average Bonchev–Trinajstić information content (AvgIpc) is 2.71. The van der Waals surface area contributed by atoms with Crippen LogP contribution < -0.4 is 10.2 Å². The largest absolute Gasteiger partial charge is 0.465 e. The molecular formula is C20H32F3N5O4Si. The first kappa shape index (κ1) is 26.8. The average molecular weight is 492 g/mol. The van der Waals surface area contributed by atoms with E-state index in [0.29, 0.717) is 26.2 Å². The molecule has 0 aliphatic carbocycles. The Kier molecular flexibility index (Phi) is 8.33. The molecule has 1 aliphatic heterocycles. The summed E-state index contributed by atoms with van der Waals surface area (Å²) in [6.07, 6.45) is -4.75. The lowest BCUT2D eigenvalue weighted by molar-refractivity contribution is -0.140. The molecule has 0 bridgehead atoms. The van der Waals surface area contributed by atoms with Crippen LogP contribution in [0.15, 0.2) is 12.4 Å². The minimum Gasteiger partial charge on any atom is -0.465 e. The minimum atomic E-state index is -4.50. The molecule has 1 saturated heterocycles. The van der Waals surface area contributed by atoms with Crippen LogP contribution in [0.2, 0.25) is 18.1 Å². The number of carbonyl (C=O) groups is 2. The van der Waals surface area contributed by atoms with E-state index in [1.54, 1.807) is 9.80 Å². The van der Waals surface area contributed by atoms with E-state index in [1.165, 1.54) is 0 Å². The van der Waals surface area contributed by atoms with Gasteiger partial charge in [0.25, 0.3) is 5.91 Å². The van der Waals surface area contributed by atoms with Crippen LogP contribution in [0.25, 0.3) is 0 Å². The molecule has 0 spiro atoms. The Labute approximate surface area is 192 Å². The van der Waals surface area contributed by atoms with Gasteiger partial charge in [-0.25, -0.2) is 14.8 Å². The SMILES string of the molecule is CC(C)(C)[Si](C)(C)OC(CCNC(=O)O)C(=O)N1CCN(c2ncc(C(F)(F)F)cn2)CC1. The lowest BCUT2D eigenvalue weighted by Gasteiger charge is -2.41. The molecule has 9 nitrogen and oxygen atoms in total. The minimum absolute atomic E-state index is 0.0831. The molecule has 2 rings (SSSR count). The first-order valence-corrected chi connectivity index (χ1v) is 13.6. The molecule has 1 aromatic rings. The standard InChI is InChI=1S/C20H32F3N5O4Si/c1-19(2,3)33(4,5)32-15(6-7-24-18(30)31)16(29)27-8-10-28(11-9-27)17-25-12-14(13-26-17)20(21,22)23/h12-13,15,24H,6-11H2,1-5H3,(H,30,31). The van der Waals surface area contributed by atoms with E-state index in [-0.39, 0.29) is 29.9 Å². The van der Waals surface area contributed by atoms with Gasteiger partial charge in [0, 0.05) is 45.1 Å². The van der Waals surface area contributed by atoms with Gasteiger partial charge in [0.2, 0.25) is 5.95 Å². The van der Waals surface area contributed by atoms with Crippen molar-refractivity contribution in [2.45, 2.75) is 57.6 Å². The lowest BCUT2D eigenvalue weighted by Crippen LogP contribution is -2.55. The number of hydrogen-bond donors (Lipinski definition) is 2. The zero-order valence-corrected chi connectivity index (χ0v) is 20.6. The van der Waals surface area contributed by atoms with Gasteiger partial charge in [0.1, 0.15) is 6.10 Å². The van der Waals surface area contributed by atoms with Gasteiger partial charge in [-0.15, -0.1) is 0 Å². The molecular weight excluding hydrogens is 459 g/mol. The fraction of sp³-hybridized carbons (Fsp3) is 0.700. The third kappa shape index (κ3) is 7.29. The van der Waals surface area contributed by atoms with E-state index in [0.717, 1.165) is 12.4 Å². The molecule has 1 aliphatic rings. The zero-order valence-electron chi connectivity index (χ0n) is 19.6. The highest BCUT2D eigenvalue weighted by molar-refractivity contribution is 6.74. The summed E-state index contributed by atoms with van der Waals surface area (Å²) in [4.78, 5) is 35.1. The molecule has 0 saturated carbocycles. The summed E-state index contributed by atoms with van der Waals surface area (Å²) >= 11 is 0.